The summed E-state index contributed by atoms with van der Waals surface area (Å²) in [4.78, 5) is 0. The molecule has 0 radical (unpaired) electrons. The van der Waals surface area contributed by atoms with Crippen LogP contribution in [0.4, 0.5) is 0 Å². The van der Waals surface area contributed by atoms with Crippen molar-refractivity contribution in [3.05, 3.63) is 0 Å². The van der Waals surface area contributed by atoms with Crippen molar-refractivity contribution in [1.82, 2.24) is 5.32 Å². The third kappa shape index (κ3) is 6.05. The van der Waals surface area contributed by atoms with Gasteiger partial charge in [0, 0.05) is 6.54 Å². The van der Waals surface area contributed by atoms with E-state index in [2.05, 4.69) is 19.2 Å². The van der Waals surface area contributed by atoms with E-state index >= 15 is 0 Å². The lowest BCUT2D eigenvalue weighted by atomic mass is 10.0. The molecule has 0 aliphatic rings. The lowest BCUT2D eigenvalue weighted by molar-refractivity contribution is 0.0548. The van der Waals surface area contributed by atoms with Crippen LogP contribution in [-0.4, -0.2) is 23.8 Å². The molecule has 80 valence electrons. The Morgan fingerprint density at radius 3 is 2.15 bits per heavy atom. The maximum absolute atomic E-state index is 9.72. The summed E-state index contributed by atoms with van der Waals surface area (Å²) in [7, 11) is 0. The fourth-order valence-corrected chi connectivity index (χ4v) is 1.25. The Morgan fingerprint density at radius 2 is 1.77 bits per heavy atom. The van der Waals surface area contributed by atoms with E-state index in [0.29, 0.717) is 6.54 Å². The summed E-state index contributed by atoms with van der Waals surface area (Å²) in [6, 6.07) is 0. The van der Waals surface area contributed by atoms with Crippen LogP contribution in [0.25, 0.3) is 0 Å². The Labute approximate surface area is 82.7 Å². The predicted molar refractivity (Wildman–Crippen MR) is 57.9 cm³/mol. The molecule has 13 heavy (non-hydrogen) atoms. The van der Waals surface area contributed by atoms with E-state index in [1.165, 1.54) is 12.8 Å². The van der Waals surface area contributed by atoms with Gasteiger partial charge in [0.15, 0.2) is 0 Å². The molecule has 0 fully saturated rings. The lowest BCUT2D eigenvalue weighted by Crippen LogP contribution is -2.39. The first-order chi connectivity index (χ1) is 6.05. The zero-order valence-corrected chi connectivity index (χ0v) is 9.56. The van der Waals surface area contributed by atoms with Crippen molar-refractivity contribution < 1.29 is 5.11 Å². The van der Waals surface area contributed by atoms with Crippen LogP contribution in [0.5, 0.6) is 0 Å². The van der Waals surface area contributed by atoms with Crippen molar-refractivity contribution in [3.8, 4) is 0 Å². The highest BCUT2D eigenvalue weighted by molar-refractivity contribution is 4.73. The summed E-state index contributed by atoms with van der Waals surface area (Å²) in [5.41, 5.74) is -0.536. The monoisotopic (exact) mass is 187 g/mol. The highest BCUT2D eigenvalue weighted by Gasteiger charge is 2.16. The summed E-state index contributed by atoms with van der Waals surface area (Å²) in [6.45, 7) is 10.1. The molecule has 1 unspecified atom stereocenters. The summed E-state index contributed by atoms with van der Waals surface area (Å²) in [5, 5.41) is 13.0. The molecule has 0 heterocycles. The zero-order chi connectivity index (χ0) is 10.3. The smallest absolute Gasteiger partial charge is 0.0740 e. The first kappa shape index (κ1) is 12.9. The van der Waals surface area contributed by atoms with E-state index in [1.54, 1.807) is 0 Å². The van der Waals surface area contributed by atoms with Gasteiger partial charge >= 0.3 is 0 Å². The number of nitrogens with one attached hydrogen (secondary N) is 1. The van der Waals surface area contributed by atoms with Crippen LogP contribution in [0.3, 0.4) is 0 Å². The number of hydrogen-bond donors (Lipinski definition) is 2. The molecule has 0 spiro atoms. The third-order valence-corrected chi connectivity index (χ3v) is 2.86. The molecule has 0 saturated carbocycles. The molecular formula is C11H25NO. The summed E-state index contributed by atoms with van der Waals surface area (Å²) >= 11 is 0. The largest absolute Gasteiger partial charge is 0.389 e. The molecule has 0 aromatic heterocycles. The first-order valence-corrected chi connectivity index (χ1v) is 5.48. The van der Waals surface area contributed by atoms with Gasteiger partial charge in [-0.1, -0.05) is 33.6 Å². The van der Waals surface area contributed by atoms with Gasteiger partial charge in [-0.25, -0.2) is 0 Å². The molecule has 2 heteroatoms. The van der Waals surface area contributed by atoms with Crippen LogP contribution in [0.15, 0.2) is 0 Å². The standard InChI is InChI=1S/C11H25NO/c1-5-10(6-2)8-12-9-11(4,13)7-3/h10,12-13H,5-9H2,1-4H3. The number of hydrogen-bond acceptors (Lipinski definition) is 2. The van der Waals surface area contributed by atoms with Crippen LogP contribution in [0.2, 0.25) is 0 Å². The SMILES string of the molecule is CCC(CC)CNCC(C)(O)CC. The van der Waals surface area contributed by atoms with E-state index < -0.39 is 5.60 Å². The molecule has 2 nitrogen and oxygen atoms in total. The van der Waals surface area contributed by atoms with Gasteiger partial charge in [-0.3, -0.25) is 0 Å². The molecule has 0 aromatic carbocycles. The second kappa shape index (κ2) is 6.39. The second-order valence-corrected chi connectivity index (χ2v) is 4.16. The molecule has 0 aliphatic heterocycles. The Balaban J connectivity index is 3.54. The van der Waals surface area contributed by atoms with Crippen molar-refractivity contribution in [3.63, 3.8) is 0 Å². The van der Waals surface area contributed by atoms with Gasteiger partial charge in [0.2, 0.25) is 0 Å². The molecule has 0 rings (SSSR count). The van der Waals surface area contributed by atoms with E-state index in [1.807, 2.05) is 13.8 Å². The van der Waals surface area contributed by atoms with Crippen LogP contribution >= 0.6 is 0 Å². The van der Waals surface area contributed by atoms with Crippen molar-refractivity contribution >= 4 is 0 Å². The first-order valence-electron chi connectivity index (χ1n) is 5.48. The van der Waals surface area contributed by atoms with Crippen LogP contribution < -0.4 is 5.32 Å². The second-order valence-electron chi connectivity index (χ2n) is 4.16. The highest BCUT2D eigenvalue weighted by atomic mass is 16.3. The van der Waals surface area contributed by atoms with E-state index in [9.17, 15) is 5.11 Å². The molecule has 0 aliphatic carbocycles. The minimum atomic E-state index is -0.536. The molecule has 0 bridgehead atoms. The minimum absolute atomic E-state index is 0.536. The van der Waals surface area contributed by atoms with E-state index in [0.717, 1.165) is 18.9 Å². The van der Waals surface area contributed by atoms with Crippen molar-refractivity contribution in [1.29, 1.82) is 0 Å². The summed E-state index contributed by atoms with van der Waals surface area (Å²) in [6.07, 6.45) is 3.25. The normalized spacial score (nSPS) is 16.2. The molecule has 0 amide bonds. The van der Waals surface area contributed by atoms with Gasteiger partial charge in [-0.2, -0.15) is 0 Å². The van der Waals surface area contributed by atoms with Crippen LogP contribution in [-0.2, 0) is 0 Å². The molecule has 2 N–H and O–H groups in total. The van der Waals surface area contributed by atoms with E-state index in [-0.39, 0.29) is 0 Å². The number of aliphatic hydroxyl groups is 1. The van der Waals surface area contributed by atoms with Crippen molar-refractivity contribution in [2.24, 2.45) is 5.92 Å². The van der Waals surface area contributed by atoms with Crippen molar-refractivity contribution in [2.75, 3.05) is 13.1 Å². The summed E-state index contributed by atoms with van der Waals surface area (Å²) < 4.78 is 0. The average molecular weight is 187 g/mol. The van der Waals surface area contributed by atoms with Gasteiger partial charge in [0.05, 0.1) is 5.60 Å². The third-order valence-electron chi connectivity index (χ3n) is 2.86. The van der Waals surface area contributed by atoms with Gasteiger partial charge < -0.3 is 10.4 Å². The maximum atomic E-state index is 9.72. The van der Waals surface area contributed by atoms with Gasteiger partial charge in [-0.05, 0) is 25.8 Å². The molecule has 0 saturated heterocycles. The fourth-order valence-electron chi connectivity index (χ4n) is 1.25. The fraction of sp³-hybridized carbons (Fsp3) is 1.00. The highest BCUT2D eigenvalue weighted by Crippen LogP contribution is 2.08. The molecule has 1 atom stereocenters. The van der Waals surface area contributed by atoms with Crippen LogP contribution in [0, 0.1) is 5.92 Å². The quantitative estimate of drug-likeness (QED) is 0.640. The van der Waals surface area contributed by atoms with Crippen molar-refractivity contribution in [2.45, 2.75) is 52.6 Å². The van der Waals surface area contributed by atoms with Gasteiger partial charge in [0.25, 0.3) is 0 Å². The molecule has 0 aromatic rings. The molecular weight excluding hydrogens is 162 g/mol. The number of rotatable bonds is 7. The lowest BCUT2D eigenvalue weighted by Gasteiger charge is -2.23. The van der Waals surface area contributed by atoms with E-state index in [4.69, 9.17) is 0 Å². The van der Waals surface area contributed by atoms with Gasteiger partial charge in [0.1, 0.15) is 0 Å². The predicted octanol–water partition coefficient (Wildman–Crippen LogP) is 2.17. The Hall–Kier alpha value is -0.0800. The van der Waals surface area contributed by atoms with Crippen LogP contribution in [0.1, 0.15) is 47.0 Å². The Bertz CT molecular complexity index is 119. The minimum Gasteiger partial charge on any atom is -0.389 e. The topological polar surface area (TPSA) is 32.3 Å². The maximum Gasteiger partial charge on any atom is 0.0740 e. The summed E-state index contributed by atoms with van der Waals surface area (Å²) in [5.74, 6) is 0.757. The van der Waals surface area contributed by atoms with Gasteiger partial charge in [-0.15, -0.1) is 0 Å². The zero-order valence-electron chi connectivity index (χ0n) is 9.56. The Kier molecular flexibility index (Phi) is 6.35. The average Bonchev–Trinajstić information content (AvgIpc) is 2.12. The Morgan fingerprint density at radius 1 is 1.23 bits per heavy atom.